The van der Waals surface area contributed by atoms with Crippen molar-refractivity contribution in [3.63, 3.8) is 0 Å². The molecule has 158 valence electrons. The van der Waals surface area contributed by atoms with Gasteiger partial charge in [0.1, 0.15) is 0 Å². The quantitative estimate of drug-likeness (QED) is 0.308. The van der Waals surface area contributed by atoms with E-state index in [4.69, 9.17) is 9.47 Å². The van der Waals surface area contributed by atoms with E-state index in [1.165, 1.54) is 69.1 Å². The summed E-state index contributed by atoms with van der Waals surface area (Å²) < 4.78 is 10.2. The molecule has 0 fully saturated rings. The number of esters is 2. The van der Waals surface area contributed by atoms with E-state index in [2.05, 4.69) is 32.0 Å². The molecule has 0 radical (unpaired) electrons. The molecule has 0 saturated carbocycles. The highest BCUT2D eigenvalue weighted by atomic mass is 16.5. The van der Waals surface area contributed by atoms with Gasteiger partial charge in [0.15, 0.2) is 0 Å². The molecular formula is C24H38O4. The summed E-state index contributed by atoms with van der Waals surface area (Å²) >= 11 is 0. The van der Waals surface area contributed by atoms with Crippen molar-refractivity contribution >= 4 is 11.9 Å². The molecule has 1 aromatic carbocycles. The van der Waals surface area contributed by atoms with Crippen LogP contribution in [-0.4, -0.2) is 25.2 Å². The zero-order valence-electron chi connectivity index (χ0n) is 18.2. The van der Waals surface area contributed by atoms with Crippen LogP contribution in [0.5, 0.6) is 0 Å². The van der Waals surface area contributed by atoms with E-state index in [0.717, 1.165) is 19.3 Å². The lowest BCUT2D eigenvalue weighted by Gasteiger charge is -2.17. The van der Waals surface area contributed by atoms with Gasteiger partial charge in [-0.1, -0.05) is 57.2 Å². The molecule has 0 bridgehead atoms. The van der Waals surface area contributed by atoms with Crippen LogP contribution in [-0.2, 0) is 31.9 Å². The second-order valence-electron chi connectivity index (χ2n) is 7.79. The topological polar surface area (TPSA) is 52.6 Å². The van der Waals surface area contributed by atoms with Crippen LogP contribution in [0.4, 0.5) is 0 Å². The Morgan fingerprint density at radius 3 is 2.07 bits per heavy atom. The summed E-state index contributed by atoms with van der Waals surface area (Å²) in [7, 11) is 0. The van der Waals surface area contributed by atoms with Crippen molar-refractivity contribution < 1.29 is 19.1 Å². The first-order valence-corrected chi connectivity index (χ1v) is 10.8. The summed E-state index contributed by atoms with van der Waals surface area (Å²) in [5, 5.41) is 0. The molecule has 4 heteroatoms. The second kappa shape index (κ2) is 14.2. The number of rotatable bonds is 14. The monoisotopic (exact) mass is 390 g/mol. The van der Waals surface area contributed by atoms with E-state index in [0.29, 0.717) is 0 Å². The zero-order chi connectivity index (χ0) is 20.8. The summed E-state index contributed by atoms with van der Waals surface area (Å²) in [5.74, 6) is -0.582. The van der Waals surface area contributed by atoms with Crippen molar-refractivity contribution in [1.29, 1.82) is 0 Å². The normalized spacial score (nSPS) is 10.9. The second-order valence-corrected chi connectivity index (χ2v) is 7.79. The van der Waals surface area contributed by atoms with Gasteiger partial charge < -0.3 is 9.47 Å². The van der Waals surface area contributed by atoms with E-state index >= 15 is 0 Å². The lowest BCUT2D eigenvalue weighted by Crippen LogP contribution is -2.20. The Morgan fingerprint density at radius 1 is 0.893 bits per heavy atom. The summed E-state index contributed by atoms with van der Waals surface area (Å²) in [6.07, 6.45) is 10.8. The van der Waals surface area contributed by atoms with E-state index in [-0.39, 0.29) is 31.1 Å². The molecule has 0 atom stereocenters. The molecule has 4 nitrogen and oxygen atoms in total. The smallest absolute Gasteiger partial charge is 0.302 e. The van der Waals surface area contributed by atoms with Gasteiger partial charge in [-0.2, -0.15) is 0 Å². The number of carbonyl (C=O) groups excluding carboxylic acids is 2. The van der Waals surface area contributed by atoms with E-state index in [1.54, 1.807) is 0 Å². The highest BCUT2D eigenvalue weighted by Crippen LogP contribution is 2.18. The first kappa shape index (κ1) is 24.2. The molecule has 0 aliphatic carbocycles. The Bertz CT molecular complexity index is 576. The summed E-state index contributed by atoms with van der Waals surface area (Å²) in [4.78, 5) is 22.1. The lowest BCUT2D eigenvalue weighted by atomic mass is 9.95. The molecule has 0 spiro atoms. The minimum absolute atomic E-state index is 0.0240. The van der Waals surface area contributed by atoms with Crippen LogP contribution in [0.1, 0.15) is 82.4 Å². The van der Waals surface area contributed by atoms with Gasteiger partial charge in [-0.05, 0) is 49.3 Å². The molecule has 0 N–H and O–H groups in total. The van der Waals surface area contributed by atoms with Crippen LogP contribution in [0.2, 0.25) is 0 Å². The average Bonchev–Trinajstić information content (AvgIpc) is 2.65. The highest BCUT2D eigenvalue weighted by Gasteiger charge is 2.13. The molecule has 0 amide bonds. The Balaban J connectivity index is 2.47. The minimum Gasteiger partial charge on any atom is -0.465 e. The molecule has 1 rings (SSSR count). The number of unbranched alkanes of at least 4 members (excludes halogenated alkanes) is 5. The molecule has 0 unspecified atom stereocenters. The average molecular weight is 391 g/mol. The maximum Gasteiger partial charge on any atom is 0.302 e. The molecule has 0 aliphatic heterocycles. The van der Waals surface area contributed by atoms with Crippen molar-refractivity contribution in [2.75, 3.05) is 13.2 Å². The molecule has 28 heavy (non-hydrogen) atoms. The molecular weight excluding hydrogens is 352 g/mol. The first-order chi connectivity index (χ1) is 13.4. The largest absolute Gasteiger partial charge is 0.465 e. The molecule has 0 aromatic heterocycles. The zero-order valence-corrected chi connectivity index (χ0v) is 18.2. The third-order valence-electron chi connectivity index (χ3n) is 5.09. The van der Waals surface area contributed by atoms with Crippen LogP contribution in [0.15, 0.2) is 18.2 Å². The molecule has 0 saturated heterocycles. The van der Waals surface area contributed by atoms with E-state index in [9.17, 15) is 9.59 Å². The van der Waals surface area contributed by atoms with Gasteiger partial charge in [-0.3, -0.25) is 9.59 Å². The van der Waals surface area contributed by atoms with Crippen molar-refractivity contribution in [1.82, 2.24) is 0 Å². The van der Waals surface area contributed by atoms with Crippen molar-refractivity contribution in [2.45, 2.75) is 85.5 Å². The van der Waals surface area contributed by atoms with Gasteiger partial charge in [0.05, 0.1) is 13.2 Å². The van der Waals surface area contributed by atoms with Crippen LogP contribution in [0.3, 0.4) is 0 Å². The summed E-state index contributed by atoms with van der Waals surface area (Å²) in [6, 6.07) is 6.72. The van der Waals surface area contributed by atoms with E-state index < -0.39 is 0 Å². The maximum atomic E-state index is 11.1. The third-order valence-corrected chi connectivity index (χ3v) is 5.09. The molecule has 1 aromatic rings. The first-order valence-electron chi connectivity index (χ1n) is 10.8. The predicted octanol–water partition coefficient (Wildman–Crippen LogP) is 5.57. The Kier molecular flexibility index (Phi) is 12.3. The van der Waals surface area contributed by atoms with Crippen LogP contribution < -0.4 is 0 Å². The van der Waals surface area contributed by atoms with Gasteiger partial charge in [-0.25, -0.2) is 0 Å². The van der Waals surface area contributed by atoms with Crippen LogP contribution in [0.25, 0.3) is 0 Å². The number of carbonyl (C=O) groups is 2. The summed E-state index contributed by atoms with van der Waals surface area (Å²) in [5.41, 5.74) is 4.07. The Labute approximate surface area is 171 Å². The summed E-state index contributed by atoms with van der Waals surface area (Å²) in [6.45, 7) is 7.81. The standard InChI is InChI=1S/C24H38O4/c1-5-6-7-8-9-10-11-24-15-14-22(16-19(24)2)12-13-23(17-27-20(3)25)18-28-21(4)26/h14-16,23H,5-13,17-18H2,1-4H3. The Morgan fingerprint density at radius 2 is 1.50 bits per heavy atom. The molecule has 0 heterocycles. The van der Waals surface area contributed by atoms with Gasteiger partial charge >= 0.3 is 11.9 Å². The van der Waals surface area contributed by atoms with Gasteiger partial charge in [0, 0.05) is 19.8 Å². The number of benzene rings is 1. The van der Waals surface area contributed by atoms with Gasteiger partial charge in [-0.15, -0.1) is 0 Å². The lowest BCUT2D eigenvalue weighted by molar-refractivity contribution is -0.146. The van der Waals surface area contributed by atoms with Crippen LogP contribution in [0, 0.1) is 12.8 Å². The van der Waals surface area contributed by atoms with Crippen LogP contribution >= 0.6 is 0 Å². The molecule has 0 aliphatic rings. The van der Waals surface area contributed by atoms with Crippen molar-refractivity contribution in [3.05, 3.63) is 34.9 Å². The minimum atomic E-state index is -0.303. The fourth-order valence-corrected chi connectivity index (χ4v) is 3.35. The number of aryl methyl sites for hydroxylation is 3. The van der Waals surface area contributed by atoms with E-state index in [1.807, 2.05) is 0 Å². The van der Waals surface area contributed by atoms with Gasteiger partial charge in [0.25, 0.3) is 0 Å². The number of ether oxygens (including phenoxy) is 2. The predicted molar refractivity (Wildman–Crippen MR) is 113 cm³/mol. The van der Waals surface area contributed by atoms with Crippen molar-refractivity contribution in [3.8, 4) is 0 Å². The fourth-order valence-electron chi connectivity index (χ4n) is 3.35. The van der Waals surface area contributed by atoms with Gasteiger partial charge in [0.2, 0.25) is 0 Å². The number of hydrogen-bond acceptors (Lipinski definition) is 4. The number of hydrogen-bond donors (Lipinski definition) is 0. The van der Waals surface area contributed by atoms with Crippen molar-refractivity contribution in [2.24, 2.45) is 5.92 Å². The Hall–Kier alpha value is -1.84. The highest BCUT2D eigenvalue weighted by molar-refractivity contribution is 5.66. The SMILES string of the molecule is CCCCCCCCc1ccc(CCC(COC(C)=O)COC(C)=O)cc1C. The third kappa shape index (κ3) is 11.1. The fraction of sp³-hybridized carbons (Fsp3) is 0.667. The maximum absolute atomic E-state index is 11.1.